The van der Waals surface area contributed by atoms with Crippen LogP contribution < -0.4 is 5.43 Å². The lowest BCUT2D eigenvalue weighted by atomic mass is 10.1. The first kappa shape index (κ1) is 16.7. The molecule has 1 aromatic rings. The molecular formula is C16H18N2O2S2. The number of carbonyl (C=O) groups excluding carboxylic acids is 2. The van der Waals surface area contributed by atoms with Crippen LogP contribution in [0.1, 0.15) is 37.3 Å². The Kier molecular flexibility index (Phi) is 5.74. The predicted molar refractivity (Wildman–Crippen MR) is 93.9 cm³/mol. The third-order valence-electron chi connectivity index (χ3n) is 3.16. The summed E-state index contributed by atoms with van der Waals surface area (Å²) in [6, 6.07) is 7.86. The van der Waals surface area contributed by atoms with E-state index < -0.39 is 0 Å². The van der Waals surface area contributed by atoms with E-state index in [1.54, 1.807) is 6.08 Å². The zero-order chi connectivity index (χ0) is 16.1. The number of benzene rings is 1. The van der Waals surface area contributed by atoms with E-state index in [4.69, 9.17) is 12.2 Å². The van der Waals surface area contributed by atoms with E-state index in [-0.39, 0.29) is 11.8 Å². The molecule has 1 saturated heterocycles. The van der Waals surface area contributed by atoms with Crippen LogP contribution in [-0.2, 0) is 9.59 Å². The Hall–Kier alpha value is -1.66. The maximum absolute atomic E-state index is 12.3. The van der Waals surface area contributed by atoms with Crippen LogP contribution in [0.2, 0.25) is 0 Å². The number of unbranched alkanes of at least 4 members (excludes halogenated alkanes) is 1. The molecule has 0 bridgehead atoms. The molecule has 22 heavy (non-hydrogen) atoms. The molecule has 0 radical (unpaired) electrons. The fourth-order valence-corrected chi connectivity index (χ4v) is 3.08. The molecule has 1 N–H and O–H groups in total. The minimum atomic E-state index is -0.277. The number of hydrogen-bond acceptors (Lipinski definition) is 4. The highest BCUT2D eigenvalue weighted by Crippen LogP contribution is 2.31. The summed E-state index contributed by atoms with van der Waals surface area (Å²) < 4.78 is 0.355. The first-order chi connectivity index (χ1) is 10.5. The fraction of sp³-hybridized carbons (Fsp3) is 0.312. The number of nitrogens with one attached hydrogen (secondary N) is 1. The molecule has 0 unspecified atom stereocenters. The third kappa shape index (κ3) is 4.18. The fourth-order valence-electron chi connectivity index (χ4n) is 1.90. The number of thioether (sulfide) groups is 1. The zero-order valence-electron chi connectivity index (χ0n) is 12.6. The summed E-state index contributed by atoms with van der Waals surface area (Å²) in [5, 5.41) is 1.16. The molecule has 2 amide bonds. The van der Waals surface area contributed by atoms with Gasteiger partial charge in [0.2, 0.25) is 5.91 Å². The number of nitrogens with zero attached hydrogens (tertiary/aromatic N) is 1. The summed E-state index contributed by atoms with van der Waals surface area (Å²) in [4.78, 5) is 24.6. The molecule has 2 rings (SSSR count). The molecule has 0 aliphatic carbocycles. The van der Waals surface area contributed by atoms with Crippen LogP contribution >= 0.6 is 24.0 Å². The molecule has 4 nitrogen and oxygen atoms in total. The average molecular weight is 334 g/mol. The monoisotopic (exact) mass is 334 g/mol. The van der Waals surface area contributed by atoms with Gasteiger partial charge in [0, 0.05) is 6.42 Å². The number of hydrogen-bond donors (Lipinski definition) is 1. The molecule has 1 aromatic carbocycles. The van der Waals surface area contributed by atoms with Crippen molar-refractivity contribution in [2.24, 2.45) is 0 Å². The van der Waals surface area contributed by atoms with E-state index in [2.05, 4.69) is 5.43 Å². The summed E-state index contributed by atoms with van der Waals surface area (Å²) in [5.74, 6) is -0.463. The Bertz CT molecular complexity index is 624. The van der Waals surface area contributed by atoms with Crippen molar-refractivity contribution >= 4 is 46.2 Å². The van der Waals surface area contributed by atoms with Gasteiger partial charge in [0.1, 0.15) is 0 Å². The second kappa shape index (κ2) is 7.56. The summed E-state index contributed by atoms with van der Waals surface area (Å²) in [5.41, 5.74) is 4.67. The highest BCUT2D eigenvalue weighted by atomic mass is 32.2. The summed E-state index contributed by atoms with van der Waals surface area (Å²) in [6.45, 7) is 4.02. The Balaban J connectivity index is 2.08. The normalized spacial score (nSPS) is 16.5. The molecular weight excluding hydrogens is 316 g/mol. The van der Waals surface area contributed by atoms with E-state index in [0.29, 0.717) is 15.6 Å². The second-order valence-electron chi connectivity index (χ2n) is 5.07. The topological polar surface area (TPSA) is 49.4 Å². The van der Waals surface area contributed by atoms with Gasteiger partial charge in [0.05, 0.1) is 4.91 Å². The van der Waals surface area contributed by atoms with Gasteiger partial charge in [-0.2, -0.15) is 5.01 Å². The molecule has 1 aliphatic rings. The van der Waals surface area contributed by atoms with Crippen molar-refractivity contribution in [2.75, 3.05) is 0 Å². The summed E-state index contributed by atoms with van der Waals surface area (Å²) in [7, 11) is 0. The molecule has 1 fully saturated rings. The van der Waals surface area contributed by atoms with Crippen LogP contribution in [0.4, 0.5) is 0 Å². The van der Waals surface area contributed by atoms with Gasteiger partial charge in [-0.15, -0.1) is 0 Å². The average Bonchev–Trinajstić information content (AvgIpc) is 2.75. The summed E-state index contributed by atoms with van der Waals surface area (Å²) in [6.07, 6.45) is 3.90. The largest absolute Gasteiger partial charge is 0.285 e. The first-order valence-corrected chi connectivity index (χ1v) is 8.38. The van der Waals surface area contributed by atoms with Crippen molar-refractivity contribution in [2.45, 2.75) is 33.1 Å². The van der Waals surface area contributed by atoms with Crippen molar-refractivity contribution in [1.82, 2.24) is 10.4 Å². The number of thiocarbonyl (C=S) groups is 1. The molecule has 0 saturated carbocycles. The van der Waals surface area contributed by atoms with E-state index in [0.717, 1.165) is 29.0 Å². The molecule has 1 aliphatic heterocycles. The van der Waals surface area contributed by atoms with Crippen LogP contribution in [0.3, 0.4) is 0 Å². The Morgan fingerprint density at radius 3 is 2.68 bits per heavy atom. The Labute approximate surface area is 139 Å². The molecule has 1 heterocycles. The first-order valence-electron chi connectivity index (χ1n) is 7.15. The Morgan fingerprint density at radius 2 is 2.05 bits per heavy atom. The van der Waals surface area contributed by atoms with E-state index in [9.17, 15) is 9.59 Å². The highest BCUT2D eigenvalue weighted by Gasteiger charge is 2.33. The molecule has 0 spiro atoms. The standard InChI is InChI=1S/C16H18N2O2S2/c1-3-4-5-14(19)17-18-15(20)13(22-16(18)21)10-12-8-6-11(2)7-9-12/h6-10H,3-5H2,1-2H3,(H,17,19)/b13-10+. The zero-order valence-corrected chi connectivity index (χ0v) is 14.2. The maximum atomic E-state index is 12.3. The molecule has 6 heteroatoms. The van der Waals surface area contributed by atoms with Crippen molar-refractivity contribution in [1.29, 1.82) is 0 Å². The lowest BCUT2D eigenvalue weighted by Crippen LogP contribution is -2.44. The number of carbonyl (C=O) groups is 2. The maximum Gasteiger partial charge on any atom is 0.285 e. The van der Waals surface area contributed by atoms with Gasteiger partial charge in [-0.3, -0.25) is 15.0 Å². The highest BCUT2D eigenvalue weighted by molar-refractivity contribution is 8.26. The molecule has 116 valence electrons. The van der Waals surface area contributed by atoms with Crippen molar-refractivity contribution in [3.8, 4) is 0 Å². The van der Waals surface area contributed by atoms with Gasteiger partial charge in [-0.1, -0.05) is 54.9 Å². The minimum absolute atomic E-state index is 0.185. The van der Waals surface area contributed by atoms with Gasteiger partial charge in [-0.05, 0) is 37.2 Å². The SMILES string of the molecule is CCCCC(=O)NN1C(=O)/C(=C\c2ccc(C)cc2)SC1=S. The number of rotatable bonds is 5. The van der Waals surface area contributed by atoms with Crippen LogP contribution in [0.25, 0.3) is 6.08 Å². The van der Waals surface area contributed by atoms with Gasteiger partial charge in [0.15, 0.2) is 4.32 Å². The molecule has 0 aromatic heterocycles. The number of aryl methyl sites for hydroxylation is 1. The van der Waals surface area contributed by atoms with Crippen LogP contribution in [0.15, 0.2) is 29.2 Å². The quantitative estimate of drug-likeness (QED) is 0.662. The lowest BCUT2D eigenvalue weighted by Gasteiger charge is -2.15. The van der Waals surface area contributed by atoms with Crippen LogP contribution in [0.5, 0.6) is 0 Å². The molecule has 0 atom stereocenters. The number of amides is 2. The van der Waals surface area contributed by atoms with Crippen molar-refractivity contribution in [3.63, 3.8) is 0 Å². The van der Waals surface area contributed by atoms with Crippen molar-refractivity contribution < 1.29 is 9.59 Å². The van der Waals surface area contributed by atoms with E-state index in [1.807, 2.05) is 38.1 Å². The van der Waals surface area contributed by atoms with Crippen molar-refractivity contribution in [3.05, 3.63) is 40.3 Å². The van der Waals surface area contributed by atoms with Crippen LogP contribution in [0, 0.1) is 6.92 Å². The minimum Gasteiger partial charge on any atom is -0.273 e. The van der Waals surface area contributed by atoms with Gasteiger partial charge in [-0.25, -0.2) is 0 Å². The second-order valence-corrected chi connectivity index (χ2v) is 6.74. The third-order valence-corrected chi connectivity index (χ3v) is 4.46. The number of hydrazine groups is 1. The van der Waals surface area contributed by atoms with Crippen LogP contribution in [-0.4, -0.2) is 21.1 Å². The Morgan fingerprint density at radius 1 is 1.36 bits per heavy atom. The van der Waals surface area contributed by atoms with E-state index in [1.165, 1.54) is 11.8 Å². The smallest absolute Gasteiger partial charge is 0.273 e. The van der Waals surface area contributed by atoms with Gasteiger partial charge in [0.25, 0.3) is 5.91 Å². The van der Waals surface area contributed by atoms with Gasteiger partial charge < -0.3 is 0 Å². The predicted octanol–water partition coefficient (Wildman–Crippen LogP) is 3.42. The summed E-state index contributed by atoms with van der Waals surface area (Å²) >= 11 is 6.38. The van der Waals surface area contributed by atoms with E-state index >= 15 is 0 Å². The lowest BCUT2D eigenvalue weighted by molar-refractivity contribution is -0.133. The van der Waals surface area contributed by atoms with Gasteiger partial charge >= 0.3 is 0 Å².